The Balaban J connectivity index is 1.94. The SMILES string of the molecule is COc1ccccc1C1C2=C(CCCC2=O)NC2=C1C(=O)CCC2. The second-order valence-electron chi connectivity index (χ2n) is 6.64. The highest BCUT2D eigenvalue weighted by Gasteiger charge is 2.41. The van der Waals surface area contributed by atoms with Gasteiger partial charge in [0.2, 0.25) is 0 Å². The Labute approximate surface area is 141 Å². The molecule has 4 nitrogen and oxygen atoms in total. The van der Waals surface area contributed by atoms with E-state index in [4.69, 9.17) is 4.74 Å². The Morgan fingerprint density at radius 2 is 1.50 bits per heavy atom. The third kappa shape index (κ3) is 2.29. The van der Waals surface area contributed by atoms with E-state index in [0.29, 0.717) is 12.8 Å². The van der Waals surface area contributed by atoms with Gasteiger partial charge < -0.3 is 10.1 Å². The van der Waals surface area contributed by atoms with Crippen molar-refractivity contribution in [3.8, 4) is 5.75 Å². The molecule has 4 rings (SSSR count). The fraction of sp³-hybridized carbons (Fsp3) is 0.400. The second kappa shape index (κ2) is 5.93. The minimum atomic E-state index is -0.284. The normalized spacial score (nSPS) is 21.4. The number of nitrogens with one attached hydrogen (secondary N) is 1. The van der Waals surface area contributed by atoms with Crippen molar-refractivity contribution < 1.29 is 14.3 Å². The van der Waals surface area contributed by atoms with E-state index in [2.05, 4.69) is 5.32 Å². The third-order valence-corrected chi connectivity index (χ3v) is 5.24. The first-order valence-corrected chi connectivity index (χ1v) is 8.63. The van der Waals surface area contributed by atoms with Crippen LogP contribution in [0.15, 0.2) is 46.8 Å². The molecular formula is C20H21NO3. The molecule has 1 heterocycles. The molecule has 0 unspecified atom stereocenters. The molecule has 0 amide bonds. The summed E-state index contributed by atoms with van der Waals surface area (Å²) in [5.74, 6) is 0.766. The van der Waals surface area contributed by atoms with Gasteiger partial charge in [0.25, 0.3) is 0 Å². The van der Waals surface area contributed by atoms with Gasteiger partial charge in [0.1, 0.15) is 5.75 Å². The van der Waals surface area contributed by atoms with E-state index in [9.17, 15) is 9.59 Å². The molecule has 0 atom stereocenters. The van der Waals surface area contributed by atoms with Crippen molar-refractivity contribution in [1.29, 1.82) is 0 Å². The maximum atomic E-state index is 12.7. The average molecular weight is 323 g/mol. The van der Waals surface area contributed by atoms with Gasteiger partial charge in [-0.15, -0.1) is 0 Å². The Morgan fingerprint density at radius 1 is 0.917 bits per heavy atom. The summed E-state index contributed by atoms with van der Waals surface area (Å²) in [5, 5.41) is 3.43. The van der Waals surface area contributed by atoms with Crippen molar-refractivity contribution in [1.82, 2.24) is 5.32 Å². The molecule has 1 aromatic carbocycles. The van der Waals surface area contributed by atoms with Gasteiger partial charge in [0.05, 0.1) is 7.11 Å². The van der Waals surface area contributed by atoms with Crippen LogP contribution in [0.4, 0.5) is 0 Å². The van der Waals surface area contributed by atoms with Crippen LogP contribution in [0.1, 0.15) is 50.0 Å². The Kier molecular flexibility index (Phi) is 3.75. The lowest BCUT2D eigenvalue weighted by atomic mass is 9.71. The molecule has 124 valence electrons. The van der Waals surface area contributed by atoms with Crippen molar-refractivity contribution in [2.75, 3.05) is 7.11 Å². The van der Waals surface area contributed by atoms with E-state index < -0.39 is 0 Å². The zero-order valence-electron chi connectivity index (χ0n) is 13.9. The third-order valence-electron chi connectivity index (χ3n) is 5.24. The number of Topliss-reactive ketones (excluding diaryl/α,β-unsaturated/α-hetero) is 2. The number of benzene rings is 1. The standard InChI is InChI=1S/C20H21NO3/c1-24-17-11-3-2-6-12(17)18-19-13(7-4-9-15(19)22)21-14-8-5-10-16(23)20(14)18/h2-3,6,11,18,21H,4-5,7-10H2,1H3. The van der Waals surface area contributed by atoms with Crippen LogP contribution < -0.4 is 10.1 Å². The van der Waals surface area contributed by atoms with Crippen LogP contribution in [0, 0.1) is 0 Å². The first-order chi connectivity index (χ1) is 11.7. The zero-order chi connectivity index (χ0) is 16.7. The summed E-state index contributed by atoms with van der Waals surface area (Å²) in [5.41, 5.74) is 4.50. The molecule has 0 saturated carbocycles. The van der Waals surface area contributed by atoms with E-state index in [1.165, 1.54) is 0 Å². The number of ketones is 2. The molecule has 3 aliphatic rings. The summed E-state index contributed by atoms with van der Waals surface area (Å²) in [7, 11) is 1.63. The minimum Gasteiger partial charge on any atom is -0.496 e. The quantitative estimate of drug-likeness (QED) is 0.906. The Morgan fingerprint density at radius 3 is 2.08 bits per heavy atom. The number of rotatable bonds is 2. The van der Waals surface area contributed by atoms with Crippen LogP contribution in [0.3, 0.4) is 0 Å². The molecule has 0 fully saturated rings. The van der Waals surface area contributed by atoms with Crippen LogP contribution in [0.5, 0.6) is 5.75 Å². The summed E-state index contributed by atoms with van der Waals surface area (Å²) in [4.78, 5) is 25.4. The molecule has 0 aromatic heterocycles. The summed E-state index contributed by atoms with van der Waals surface area (Å²) < 4.78 is 5.54. The number of hydrogen-bond acceptors (Lipinski definition) is 4. The largest absolute Gasteiger partial charge is 0.496 e. The van der Waals surface area contributed by atoms with E-state index in [-0.39, 0.29) is 17.5 Å². The molecule has 1 aromatic rings. The van der Waals surface area contributed by atoms with Crippen LogP contribution in [0.2, 0.25) is 0 Å². The van der Waals surface area contributed by atoms with Crippen LogP contribution >= 0.6 is 0 Å². The van der Waals surface area contributed by atoms with Crippen LogP contribution in [-0.4, -0.2) is 18.7 Å². The molecule has 4 heteroatoms. The first kappa shape index (κ1) is 15.2. The molecule has 1 N–H and O–H groups in total. The first-order valence-electron chi connectivity index (χ1n) is 8.63. The van der Waals surface area contributed by atoms with Gasteiger partial charge >= 0.3 is 0 Å². The smallest absolute Gasteiger partial charge is 0.161 e. The lowest BCUT2D eigenvalue weighted by Crippen LogP contribution is -2.36. The highest BCUT2D eigenvalue weighted by Crippen LogP contribution is 2.47. The Bertz CT molecular complexity index is 746. The highest BCUT2D eigenvalue weighted by molar-refractivity contribution is 6.06. The van der Waals surface area contributed by atoms with Gasteiger partial charge in [-0.1, -0.05) is 18.2 Å². The summed E-state index contributed by atoms with van der Waals surface area (Å²) in [6.45, 7) is 0. The number of methoxy groups -OCH3 is 1. The highest BCUT2D eigenvalue weighted by atomic mass is 16.5. The predicted molar refractivity (Wildman–Crippen MR) is 90.6 cm³/mol. The van der Waals surface area contributed by atoms with Gasteiger partial charge in [-0.25, -0.2) is 0 Å². The molecule has 0 radical (unpaired) electrons. The monoisotopic (exact) mass is 323 g/mol. The van der Waals surface area contributed by atoms with Crippen molar-refractivity contribution in [3.63, 3.8) is 0 Å². The van der Waals surface area contributed by atoms with Gasteiger partial charge in [-0.05, 0) is 31.7 Å². The molecule has 0 saturated heterocycles. The number of allylic oxidation sites excluding steroid dienone is 4. The molecule has 1 aliphatic heterocycles. The number of carbonyl (C=O) groups excluding carboxylic acids is 2. The van der Waals surface area contributed by atoms with E-state index in [0.717, 1.165) is 59.5 Å². The van der Waals surface area contributed by atoms with Gasteiger partial charge in [-0.2, -0.15) is 0 Å². The zero-order valence-corrected chi connectivity index (χ0v) is 13.9. The lowest BCUT2D eigenvalue weighted by Gasteiger charge is -2.37. The number of ether oxygens (including phenoxy) is 1. The number of para-hydroxylation sites is 1. The van der Waals surface area contributed by atoms with Crippen LogP contribution in [0.25, 0.3) is 0 Å². The fourth-order valence-electron chi connectivity index (χ4n) is 4.20. The second-order valence-corrected chi connectivity index (χ2v) is 6.64. The van der Waals surface area contributed by atoms with Gasteiger partial charge in [0, 0.05) is 46.9 Å². The van der Waals surface area contributed by atoms with E-state index >= 15 is 0 Å². The van der Waals surface area contributed by atoms with Gasteiger partial charge in [0.15, 0.2) is 11.6 Å². The topological polar surface area (TPSA) is 55.4 Å². The number of hydrogen-bond donors (Lipinski definition) is 1. The van der Waals surface area contributed by atoms with Crippen LogP contribution in [-0.2, 0) is 9.59 Å². The summed E-state index contributed by atoms with van der Waals surface area (Å²) >= 11 is 0. The fourth-order valence-corrected chi connectivity index (χ4v) is 4.20. The summed E-state index contributed by atoms with van der Waals surface area (Å²) in [6, 6.07) is 7.74. The maximum absolute atomic E-state index is 12.7. The molecule has 24 heavy (non-hydrogen) atoms. The Hall–Kier alpha value is -2.36. The molecular weight excluding hydrogens is 302 g/mol. The molecule has 2 aliphatic carbocycles. The van der Waals surface area contributed by atoms with Crippen molar-refractivity contribution >= 4 is 11.6 Å². The molecule has 0 bridgehead atoms. The number of carbonyl (C=O) groups is 2. The molecule has 0 spiro atoms. The number of dihydropyridines is 1. The maximum Gasteiger partial charge on any atom is 0.161 e. The van der Waals surface area contributed by atoms with Crippen molar-refractivity contribution in [3.05, 3.63) is 52.4 Å². The van der Waals surface area contributed by atoms with E-state index in [1.54, 1.807) is 7.11 Å². The minimum absolute atomic E-state index is 0.157. The average Bonchev–Trinajstić information content (AvgIpc) is 2.60. The van der Waals surface area contributed by atoms with Crippen molar-refractivity contribution in [2.24, 2.45) is 0 Å². The van der Waals surface area contributed by atoms with Crippen molar-refractivity contribution in [2.45, 2.75) is 44.4 Å². The summed E-state index contributed by atoms with van der Waals surface area (Å²) in [6.07, 6.45) is 4.61. The van der Waals surface area contributed by atoms with Gasteiger partial charge in [-0.3, -0.25) is 9.59 Å². The predicted octanol–water partition coefficient (Wildman–Crippen LogP) is 3.40. The van der Waals surface area contributed by atoms with E-state index in [1.807, 2.05) is 24.3 Å². The lowest BCUT2D eigenvalue weighted by molar-refractivity contribution is -0.116.